The summed E-state index contributed by atoms with van der Waals surface area (Å²) < 4.78 is 1.99. The van der Waals surface area contributed by atoms with Gasteiger partial charge in [0.2, 0.25) is 0 Å². The van der Waals surface area contributed by atoms with Gasteiger partial charge in [0, 0.05) is 25.0 Å². The van der Waals surface area contributed by atoms with E-state index in [1.165, 1.54) is 6.33 Å². The van der Waals surface area contributed by atoms with E-state index in [1.54, 1.807) is 18.7 Å². The van der Waals surface area contributed by atoms with Crippen LogP contribution in [-0.4, -0.2) is 25.6 Å². The number of rotatable bonds is 4. The van der Waals surface area contributed by atoms with Crippen molar-refractivity contribution < 1.29 is 0 Å². The Labute approximate surface area is 98.5 Å². The van der Waals surface area contributed by atoms with Gasteiger partial charge >= 0.3 is 0 Å². The fourth-order valence-corrected chi connectivity index (χ4v) is 1.57. The number of anilines is 1. The Morgan fingerprint density at radius 2 is 2.38 bits per heavy atom. The van der Waals surface area contributed by atoms with E-state index in [0.29, 0.717) is 10.8 Å². The van der Waals surface area contributed by atoms with Gasteiger partial charge in [-0.15, -0.1) is 0 Å². The molecule has 0 saturated carbocycles. The SMILES string of the molecule is CC(Cn1ccnc1)Nc1ncncc1Cl. The van der Waals surface area contributed by atoms with Crippen LogP contribution in [0.25, 0.3) is 0 Å². The highest BCUT2D eigenvalue weighted by Gasteiger charge is 2.06. The van der Waals surface area contributed by atoms with Gasteiger partial charge in [0.15, 0.2) is 0 Å². The normalized spacial score (nSPS) is 12.4. The van der Waals surface area contributed by atoms with Gasteiger partial charge in [-0.05, 0) is 6.92 Å². The molecule has 2 aromatic rings. The van der Waals surface area contributed by atoms with Crippen molar-refractivity contribution in [3.05, 3.63) is 36.3 Å². The molecule has 0 aromatic carbocycles. The number of hydrogen-bond acceptors (Lipinski definition) is 4. The fraction of sp³-hybridized carbons (Fsp3) is 0.300. The predicted molar refractivity (Wildman–Crippen MR) is 62.4 cm³/mol. The zero-order valence-corrected chi connectivity index (χ0v) is 9.59. The van der Waals surface area contributed by atoms with Crippen LogP contribution in [0, 0.1) is 0 Å². The Morgan fingerprint density at radius 3 is 3.06 bits per heavy atom. The third-order valence-corrected chi connectivity index (χ3v) is 2.37. The standard InChI is InChI=1S/C10H12ClN5/c1-8(5-16-3-2-12-7-16)15-10-9(11)4-13-6-14-10/h2-4,6-8H,5H2,1H3,(H,13,14,15). The lowest BCUT2D eigenvalue weighted by Gasteiger charge is -2.15. The molecular formula is C10H12ClN5. The Hall–Kier alpha value is -1.62. The molecule has 1 unspecified atom stereocenters. The summed E-state index contributed by atoms with van der Waals surface area (Å²) >= 11 is 5.94. The molecule has 1 N–H and O–H groups in total. The van der Waals surface area contributed by atoms with E-state index in [2.05, 4.69) is 27.2 Å². The van der Waals surface area contributed by atoms with Gasteiger partial charge in [-0.2, -0.15) is 0 Å². The molecule has 0 aliphatic rings. The predicted octanol–water partition coefficient (Wildman–Crippen LogP) is 1.83. The molecule has 84 valence electrons. The van der Waals surface area contributed by atoms with E-state index >= 15 is 0 Å². The van der Waals surface area contributed by atoms with Gasteiger partial charge < -0.3 is 9.88 Å². The van der Waals surface area contributed by atoms with E-state index in [0.717, 1.165) is 6.54 Å². The largest absolute Gasteiger partial charge is 0.364 e. The van der Waals surface area contributed by atoms with Crippen molar-refractivity contribution in [2.24, 2.45) is 0 Å². The first kappa shape index (κ1) is 10.9. The van der Waals surface area contributed by atoms with Gasteiger partial charge in [0.1, 0.15) is 17.2 Å². The minimum Gasteiger partial charge on any atom is -0.364 e. The molecule has 0 fully saturated rings. The molecule has 0 bridgehead atoms. The van der Waals surface area contributed by atoms with Crippen molar-refractivity contribution in [3.8, 4) is 0 Å². The maximum Gasteiger partial charge on any atom is 0.148 e. The van der Waals surface area contributed by atoms with Gasteiger partial charge in [-0.25, -0.2) is 15.0 Å². The monoisotopic (exact) mass is 237 g/mol. The van der Waals surface area contributed by atoms with Crippen molar-refractivity contribution in [2.45, 2.75) is 19.5 Å². The lowest BCUT2D eigenvalue weighted by Crippen LogP contribution is -2.22. The van der Waals surface area contributed by atoms with Crippen molar-refractivity contribution in [3.63, 3.8) is 0 Å². The van der Waals surface area contributed by atoms with Crippen LogP contribution in [-0.2, 0) is 6.54 Å². The van der Waals surface area contributed by atoms with Gasteiger partial charge in [-0.1, -0.05) is 11.6 Å². The van der Waals surface area contributed by atoms with Crippen LogP contribution >= 0.6 is 11.6 Å². The van der Waals surface area contributed by atoms with Gasteiger partial charge in [0.05, 0.1) is 12.5 Å². The molecular weight excluding hydrogens is 226 g/mol. The van der Waals surface area contributed by atoms with E-state index in [1.807, 2.05) is 10.8 Å². The summed E-state index contributed by atoms with van der Waals surface area (Å²) in [6.07, 6.45) is 8.49. The minimum atomic E-state index is 0.210. The van der Waals surface area contributed by atoms with Crippen molar-refractivity contribution in [2.75, 3.05) is 5.32 Å². The van der Waals surface area contributed by atoms with Crippen LogP contribution in [0.5, 0.6) is 0 Å². The molecule has 2 aromatic heterocycles. The summed E-state index contributed by atoms with van der Waals surface area (Å²) in [6.45, 7) is 2.86. The van der Waals surface area contributed by atoms with Crippen molar-refractivity contribution in [1.29, 1.82) is 0 Å². The number of aromatic nitrogens is 4. The number of halogens is 1. The lowest BCUT2D eigenvalue weighted by molar-refractivity contribution is 0.617. The highest BCUT2D eigenvalue weighted by atomic mass is 35.5. The summed E-state index contributed by atoms with van der Waals surface area (Å²) in [7, 11) is 0. The molecule has 2 rings (SSSR count). The topological polar surface area (TPSA) is 55.6 Å². The maximum absolute atomic E-state index is 5.94. The highest BCUT2D eigenvalue weighted by Crippen LogP contribution is 2.17. The Morgan fingerprint density at radius 1 is 1.50 bits per heavy atom. The average Bonchev–Trinajstić information content (AvgIpc) is 2.74. The van der Waals surface area contributed by atoms with E-state index in [-0.39, 0.29) is 6.04 Å². The molecule has 16 heavy (non-hydrogen) atoms. The van der Waals surface area contributed by atoms with E-state index < -0.39 is 0 Å². The van der Waals surface area contributed by atoms with Crippen LogP contribution in [0.1, 0.15) is 6.92 Å². The first-order valence-corrected chi connectivity index (χ1v) is 5.31. The maximum atomic E-state index is 5.94. The second kappa shape index (κ2) is 4.94. The molecule has 0 saturated heterocycles. The molecule has 5 nitrogen and oxygen atoms in total. The molecule has 0 spiro atoms. The van der Waals surface area contributed by atoms with Crippen LogP contribution in [0.4, 0.5) is 5.82 Å². The van der Waals surface area contributed by atoms with Crippen LogP contribution in [0.3, 0.4) is 0 Å². The molecule has 6 heteroatoms. The number of hydrogen-bond donors (Lipinski definition) is 1. The second-order valence-corrected chi connectivity index (χ2v) is 3.93. The zero-order chi connectivity index (χ0) is 11.4. The molecule has 2 heterocycles. The summed E-state index contributed by atoms with van der Waals surface area (Å²) in [6, 6.07) is 0.210. The quantitative estimate of drug-likeness (QED) is 0.882. The summed E-state index contributed by atoms with van der Waals surface area (Å²) in [5.74, 6) is 0.657. The molecule has 0 radical (unpaired) electrons. The fourth-order valence-electron chi connectivity index (χ4n) is 1.41. The highest BCUT2D eigenvalue weighted by molar-refractivity contribution is 6.32. The molecule has 1 atom stereocenters. The molecule has 0 aliphatic carbocycles. The van der Waals surface area contributed by atoms with Crippen LogP contribution < -0.4 is 5.32 Å². The minimum absolute atomic E-state index is 0.210. The van der Waals surface area contributed by atoms with E-state index in [9.17, 15) is 0 Å². The Bertz CT molecular complexity index is 442. The lowest BCUT2D eigenvalue weighted by atomic mass is 10.3. The van der Waals surface area contributed by atoms with Crippen molar-refractivity contribution in [1.82, 2.24) is 19.5 Å². The van der Waals surface area contributed by atoms with E-state index in [4.69, 9.17) is 11.6 Å². The summed E-state index contributed by atoms with van der Waals surface area (Å²) in [5, 5.41) is 3.74. The van der Waals surface area contributed by atoms with Gasteiger partial charge in [0.25, 0.3) is 0 Å². The molecule has 0 amide bonds. The van der Waals surface area contributed by atoms with Crippen LogP contribution in [0.15, 0.2) is 31.2 Å². The summed E-state index contributed by atoms with van der Waals surface area (Å²) in [4.78, 5) is 11.9. The van der Waals surface area contributed by atoms with Crippen LogP contribution in [0.2, 0.25) is 5.02 Å². The smallest absolute Gasteiger partial charge is 0.148 e. The third kappa shape index (κ3) is 2.70. The number of nitrogens with zero attached hydrogens (tertiary/aromatic N) is 4. The van der Waals surface area contributed by atoms with Crippen molar-refractivity contribution >= 4 is 17.4 Å². The second-order valence-electron chi connectivity index (χ2n) is 3.52. The Balaban J connectivity index is 1.97. The first-order valence-electron chi connectivity index (χ1n) is 4.93. The first-order chi connectivity index (χ1) is 7.75. The zero-order valence-electron chi connectivity index (χ0n) is 8.84. The summed E-state index contributed by atoms with van der Waals surface area (Å²) in [5.41, 5.74) is 0. The van der Waals surface area contributed by atoms with Gasteiger partial charge in [-0.3, -0.25) is 0 Å². The number of imidazole rings is 1. The number of nitrogens with one attached hydrogen (secondary N) is 1. The molecule has 0 aliphatic heterocycles. The Kier molecular flexibility index (Phi) is 3.36. The third-order valence-electron chi connectivity index (χ3n) is 2.09. The average molecular weight is 238 g/mol.